The van der Waals surface area contributed by atoms with Crippen LogP contribution in [0.2, 0.25) is 0 Å². The number of nitrogens with zero attached hydrogens (tertiary/aromatic N) is 5. The van der Waals surface area contributed by atoms with Crippen molar-refractivity contribution in [1.29, 1.82) is 0 Å². The Morgan fingerprint density at radius 1 is 1.15 bits per heavy atom. The van der Waals surface area contributed by atoms with Gasteiger partial charge in [-0.3, -0.25) is 9.36 Å². The minimum atomic E-state index is -0.367. The number of nitrogens with one attached hydrogen (secondary N) is 2. The standard InChI is InChI=1S/C24H23N7O2/c1-4-33-17-9-6-8-16(11-17)31-23(30-18-10-5-7-14(2)19(18)24(31)32)15(3)29-22-20-21(26-12-25-20)27-13-28-22/h5-13,15H,4H2,1-3H3,(H2,25,26,27,28,29). The van der Waals surface area contributed by atoms with E-state index >= 15 is 0 Å². The zero-order valence-corrected chi connectivity index (χ0v) is 18.5. The first-order chi connectivity index (χ1) is 16.1. The molecule has 3 aromatic heterocycles. The molecule has 0 saturated carbocycles. The van der Waals surface area contributed by atoms with Crippen LogP contribution in [0, 0.1) is 6.92 Å². The summed E-state index contributed by atoms with van der Waals surface area (Å²) in [6.45, 7) is 6.32. The van der Waals surface area contributed by atoms with Gasteiger partial charge in [0, 0.05) is 6.07 Å². The molecule has 2 aromatic carbocycles. The van der Waals surface area contributed by atoms with Crippen LogP contribution in [0.4, 0.5) is 5.82 Å². The van der Waals surface area contributed by atoms with Crippen LogP contribution < -0.4 is 15.6 Å². The van der Waals surface area contributed by atoms with Crippen molar-refractivity contribution in [2.45, 2.75) is 26.8 Å². The average molecular weight is 441 g/mol. The predicted molar refractivity (Wildman–Crippen MR) is 127 cm³/mol. The molecule has 0 aliphatic heterocycles. The molecule has 9 nitrogen and oxygen atoms in total. The molecule has 3 heterocycles. The number of imidazole rings is 1. The van der Waals surface area contributed by atoms with Gasteiger partial charge in [-0.15, -0.1) is 0 Å². The van der Waals surface area contributed by atoms with Gasteiger partial charge in [0.1, 0.15) is 23.4 Å². The van der Waals surface area contributed by atoms with Crippen LogP contribution >= 0.6 is 0 Å². The molecule has 0 saturated heterocycles. The Bertz CT molecular complexity index is 1520. The van der Waals surface area contributed by atoms with Gasteiger partial charge >= 0.3 is 0 Å². The zero-order valence-electron chi connectivity index (χ0n) is 18.5. The molecule has 0 bridgehead atoms. The molecule has 0 aliphatic rings. The minimum Gasteiger partial charge on any atom is -0.494 e. The van der Waals surface area contributed by atoms with Crippen molar-refractivity contribution in [3.05, 3.63) is 76.9 Å². The number of hydrogen-bond donors (Lipinski definition) is 2. The molecule has 166 valence electrons. The Morgan fingerprint density at radius 2 is 2.00 bits per heavy atom. The summed E-state index contributed by atoms with van der Waals surface area (Å²) in [7, 11) is 0. The van der Waals surface area contributed by atoms with Crippen LogP contribution in [0.1, 0.15) is 31.3 Å². The maximum absolute atomic E-state index is 13.8. The van der Waals surface area contributed by atoms with E-state index in [2.05, 4.69) is 25.3 Å². The number of aromatic nitrogens is 6. The molecule has 33 heavy (non-hydrogen) atoms. The van der Waals surface area contributed by atoms with E-state index < -0.39 is 0 Å². The van der Waals surface area contributed by atoms with Gasteiger partial charge < -0.3 is 15.0 Å². The lowest BCUT2D eigenvalue weighted by Crippen LogP contribution is -2.28. The van der Waals surface area contributed by atoms with E-state index in [1.165, 1.54) is 6.33 Å². The van der Waals surface area contributed by atoms with Crippen molar-refractivity contribution >= 4 is 27.9 Å². The fraction of sp³-hybridized carbons (Fsp3) is 0.208. The number of fused-ring (bicyclic) bond motifs is 2. The number of aryl methyl sites for hydroxylation is 1. The average Bonchev–Trinajstić information content (AvgIpc) is 3.29. The lowest BCUT2D eigenvalue weighted by molar-refractivity contribution is 0.340. The Kier molecular flexibility index (Phi) is 5.21. The van der Waals surface area contributed by atoms with Gasteiger partial charge in [0.25, 0.3) is 5.56 Å². The molecule has 1 unspecified atom stereocenters. The van der Waals surface area contributed by atoms with Gasteiger partial charge in [0.05, 0.1) is 35.6 Å². The normalized spacial score (nSPS) is 12.2. The highest BCUT2D eigenvalue weighted by Gasteiger charge is 2.20. The fourth-order valence-corrected chi connectivity index (χ4v) is 3.97. The van der Waals surface area contributed by atoms with Crippen molar-refractivity contribution in [2.75, 3.05) is 11.9 Å². The first kappa shape index (κ1) is 20.6. The topological polar surface area (TPSA) is 111 Å². The molecular formula is C24H23N7O2. The van der Waals surface area contributed by atoms with Crippen LogP contribution in [-0.4, -0.2) is 36.1 Å². The van der Waals surface area contributed by atoms with Gasteiger partial charge in [-0.2, -0.15) is 0 Å². The minimum absolute atomic E-state index is 0.136. The second-order valence-corrected chi connectivity index (χ2v) is 7.70. The first-order valence-corrected chi connectivity index (χ1v) is 10.7. The highest BCUT2D eigenvalue weighted by atomic mass is 16.5. The van der Waals surface area contributed by atoms with Gasteiger partial charge in [-0.05, 0) is 44.5 Å². The quantitative estimate of drug-likeness (QED) is 0.411. The Hall–Kier alpha value is -4.27. The summed E-state index contributed by atoms with van der Waals surface area (Å²) in [5.74, 6) is 1.79. The molecule has 2 N–H and O–H groups in total. The summed E-state index contributed by atoms with van der Waals surface area (Å²) in [4.78, 5) is 34.5. The third-order valence-electron chi connectivity index (χ3n) is 5.48. The second kappa shape index (κ2) is 8.34. The SMILES string of the molecule is CCOc1cccc(-n2c(C(C)Nc3ncnc4[nH]cnc34)nc3cccc(C)c3c2=O)c1. The van der Waals surface area contributed by atoms with Gasteiger partial charge in [-0.1, -0.05) is 18.2 Å². The smallest absolute Gasteiger partial charge is 0.266 e. The highest BCUT2D eigenvalue weighted by molar-refractivity contribution is 5.83. The van der Waals surface area contributed by atoms with E-state index in [9.17, 15) is 4.79 Å². The monoisotopic (exact) mass is 441 g/mol. The van der Waals surface area contributed by atoms with E-state index in [1.54, 1.807) is 10.9 Å². The van der Waals surface area contributed by atoms with Crippen molar-refractivity contribution in [3.8, 4) is 11.4 Å². The van der Waals surface area contributed by atoms with Crippen molar-refractivity contribution in [1.82, 2.24) is 29.5 Å². The van der Waals surface area contributed by atoms with E-state index in [0.29, 0.717) is 51.8 Å². The van der Waals surface area contributed by atoms with E-state index in [-0.39, 0.29) is 11.6 Å². The first-order valence-electron chi connectivity index (χ1n) is 10.7. The fourth-order valence-electron chi connectivity index (χ4n) is 3.97. The number of benzene rings is 2. The Labute approximate surface area is 189 Å². The largest absolute Gasteiger partial charge is 0.494 e. The molecule has 5 rings (SSSR count). The Balaban J connectivity index is 1.70. The van der Waals surface area contributed by atoms with Crippen LogP contribution in [0.3, 0.4) is 0 Å². The lowest BCUT2D eigenvalue weighted by atomic mass is 10.1. The summed E-state index contributed by atoms with van der Waals surface area (Å²) in [5, 5.41) is 3.95. The van der Waals surface area contributed by atoms with Crippen LogP contribution in [0.5, 0.6) is 5.75 Å². The molecule has 9 heteroatoms. The highest BCUT2D eigenvalue weighted by Crippen LogP contribution is 2.25. The van der Waals surface area contributed by atoms with Gasteiger partial charge in [0.15, 0.2) is 11.5 Å². The predicted octanol–water partition coefficient (Wildman–Crippen LogP) is 3.93. The summed E-state index contributed by atoms with van der Waals surface area (Å²) in [6.07, 6.45) is 3.03. The molecule has 0 spiro atoms. The molecule has 0 amide bonds. The van der Waals surface area contributed by atoms with Crippen molar-refractivity contribution < 1.29 is 4.74 Å². The summed E-state index contributed by atoms with van der Waals surface area (Å²) < 4.78 is 7.31. The third-order valence-corrected chi connectivity index (χ3v) is 5.48. The van der Waals surface area contributed by atoms with Crippen LogP contribution in [0.15, 0.2) is 59.9 Å². The van der Waals surface area contributed by atoms with Crippen LogP contribution in [0.25, 0.3) is 27.8 Å². The van der Waals surface area contributed by atoms with E-state index in [1.807, 2.05) is 63.2 Å². The Morgan fingerprint density at radius 3 is 2.85 bits per heavy atom. The lowest BCUT2D eigenvalue weighted by Gasteiger charge is -2.21. The number of ether oxygens (including phenoxy) is 1. The molecule has 0 fully saturated rings. The molecule has 1 atom stereocenters. The van der Waals surface area contributed by atoms with Gasteiger partial charge in [-0.25, -0.2) is 19.9 Å². The van der Waals surface area contributed by atoms with Crippen molar-refractivity contribution in [2.24, 2.45) is 0 Å². The second-order valence-electron chi connectivity index (χ2n) is 7.70. The molecule has 5 aromatic rings. The summed E-state index contributed by atoms with van der Waals surface area (Å²) in [6, 6.07) is 12.8. The zero-order chi connectivity index (χ0) is 22.9. The number of anilines is 1. The molecule has 0 radical (unpaired) electrons. The number of H-pyrrole nitrogens is 1. The summed E-state index contributed by atoms with van der Waals surface area (Å²) in [5.41, 5.74) is 3.31. The third kappa shape index (κ3) is 3.67. The van der Waals surface area contributed by atoms with E-state index in [0.717, 1.165) is 5.56 Å². The maximum atomic E-state index is 13.8. The van der Waals surface area contributed by atoms with E-state index in [4.69, 9.17) is 9.72 Å². The van der Waals surface area contributed by atoms with Crippen LogP contribution in [-0.2, 0) is 0 Å². The molecular weight excluding hydrogens is 418 g/mol. The number of hydrogen-bond acceptors (Lipinski definition) is 7. The van der Waals surface area contributed by atoms with Crippen molar-refractivity contribution in [3.63, 3.8) is 0 Å². The van der Waals surface area contributed by atoms with Gasteiger partial charge in [0.2, 0.25) is 0 Å². The molecule has 0 aliphatic carbocycles. The number of aromatic amines is 1. The summed E-state index contributed by atoms with van der Waals surface area (Å²) >= 11 is 0. The number of rotatable bonds is 6. The maximum Gasteiger partial charge on any atom is 0.266 e.